The summed E-state index contributed by atoms with van der Waals surface area (Å²) >= 11 is 0. The number of aliphatic hydroxyl groups excluding tert-OH is 2. The van der Waals surface area contributed by atoms with Crippen LogP contribution in [-0.2, 0) is 0 Å². The Balaban J connectivity index is 1.89. The van der Waals surface area contributed by atoms with Crippen LogP contribution in [0, 0.1) is 0 Å². The molecule has 0 bridgehead atoms. The lowest BCUT2D eigenvalue weighted by Gasteiger charge is -2.23. The van der Waals surface area contributed by atoms with E-state index in [4.69, 9.17) is 14.9 Å². The number of carbonyl (C=O) groups is 1. The second kappa shape index (κ2) is 4.51. The van der Waals surface area contributed by atoms with Gasteiger partial charge in [-0.15, -0.1) is 0 Å². The summed E-state index contributed by atoms with van der Waals surface area (Å²) in [5, 5.41) is 18.1. The molecule has 0 radical (unpaired) electrons. The predicted molar refractivity (Wildman–Crippen MR) is 69.8 cm³/mol. The fourth-order valence-electron chi connectivity index (χ4n) is 2.54. The van der Waals surface area contributed by atoms with E-state index in [1.54, 1.807) is 12.1 Å². The highest BCUT2D eigenvalue weighted by atomic mass is 16.5. The van der Waals surface area contributed by atoms with Gasteiger partial charge in [-0.05, 0) is 31.0 Å². The zero-order valence-corrected chi connectivity index (χ0v) is 10.6. The molecule has 2 aliphatic rings. The zero-order valence-electron chi connectivity index (χ0n) is 10.6. The molecule has 102 valence electrons. The van der Waals surface area contributed by atoms with Gasteiger partial charge < -0.3 is 19.8 Å². The van der Waals surface area contributed by atoms with E-state index in [0.717, 1.165) is 18.5 Å². The van der Waals surface area contributed by atoms with Gasteiger partial charge in [0.2, 0.25) is 5.78 Å². The van der Waals surface area contributed by atoms with Crippen molar-refractivity contribution in [1.29, 1.82) is 0 Å². The highest BCUT2D eigenvalue weighted by molar-refractivity contribution is 6.09. The summed E-state index contributed by atoms with van der Waals surface area (Å²) in [7, 11) is 0. The van der Waals surface area contributed by atoms with Gasteiger partial charge in [-0.25, -0.2) is 0 Å². The zero-order chi connectivity index (χ0) is 13.5. The van der Waals surface area contributed by atoms with E-state index < -0.39 is 5.60 Å². The topological polar surface area (TPSA) is 70.0 Å². The number of aliphatic hydroxyl groups is 2. The first-order valence-electron chi connectivity index (χ1n) is 6.55. The average Bonchev–Trinajstić information content (AvgIpc) is 3.13. The minimum atomic E-state index is -0.570. The van der Waals surface area contributed by atoms with Gasteiger partial charge in [-0.2, -0.15) is 0 Å². The number of hydrogen-bond acceptors (Lipinski definition) is 5. The van der Waals surface area contributed by atoms with Gasteiger partial charge in [0.05, 0.1) is 18.8 Å². The van der Waals surface area contributed by atoms with Crippen molar-refractivity contribution in [3.63, 3.8) is 0 Å². The fraction of sp³-hybridized carbons (Fsp3) is 0.500. The third-order valence-corrected chi connectivity index (χ3v) is 3.74. The summed E-state index contributed by atoms with van der Waals surface area (Å²) in [6.45, 7) is 0.871. The minimum Gasteiger partial charge on any atom is -0.478 e. The number of nitrogens with zero attached hydrogens (tertiary/aromatic N) is 1. The van der Waals surface area contributed by atoms with Gasteiger partial charge in [-0.3, -0.25) is 4.79 Å². The lowest BCUT2D eigenvalue weighted by Crippen LogP contribution is -2.29. The number of benzene rings is 1. The highest BCUT2D eigenvalue weighted by Crippen LogP contribution is 2.50. The van der Waals surface area contributed by atoms with Crippen LogP contribution in [0.4, 0.5) is 5.69 Å². The third kappa shape index (κ3) is 1.99. The monoisotopic (exact) mass is 263 g/mol. The Morgan fingerprint density at radius 2 is 1.89 bits per heavy atom. The molecule has 1 saturated carbocycles. The van der Waals surface area contributed by atoms with Crippen LogP contribution in [0.2, 0.25) is 0 Å². The summed E-state index contributed by atoms with van der Waals surface area (Å²) in [6, 6.07) is 5.46. The fourth-order valence-corrected chi connectivity index (χ4v) is 2.54. The van der Waals surface area contributed by atoms with Crippen LogP contribution in [0.15, 0.2) is 18.2 Å². The van der Waals surface area contributed by atoms with Crippen LogP contribution in [-0.4, -0.2) is 47.9 Å². The molecule has 1 aliphatic heterocycles. The van der Waals surface area contributed by atoms with Crippen molar-refractivity contribution < 1.29 is 19.7 Å². The molecule has 1 heterocycles. The molecule has 0 unspecified atom stereocenters. The number of carbonyl (C=O) groups excluding carboxylic acids is 1. The SMILES string of the molecule is O=C1c2cc(N(CCO)CCO)ccc2OC12CC2. The van der Waals surface area contributed by atoms with Crippen molar-refractivity contribution in [2.75, 3.05) is 31.2 Å². The number of hydrogen-bond donors (Lipinski definition) is 2. The molecule has 5 heteroatoms. The van der Waals surface area contributed by atoms with Gasteiger partial charge in [0.25, 0.3) is 0 Å². The molecule has 2 N–H and O–H groups in total. The van der Waals surface area contributed by atoms with Crippen molar-refractivity contribution in [3.05, 3.63) is 23.8 Å². The Kier molecular flexibility index (Phi) is 2.95. The number of rotatable bonds is 5. The molecule has 0 amide bonds. The van der Waals surface area contributed by atoms with E-state index in [0.29, 0.717) is 24.4 Å². The molecule has 1 spiro atoms. The summed E-state index contributed by atoms with van der Waals surface area (Å²) in [4.78, 5) is 14.1. The van der Waals surface area contributed by atoms with Gasteiger partial charge in [0.1, 0.15) is 5.75 Å². The van der Waals surface area contributed by atoms with Crippen molar-refractivity contribution in [3.8, 4) is 5.75 Å². The molecule has 19 heavy (non-hydrogen) atoms. The Bertz CT molecular complexity index is 504. The van der Waals surface area contributed by atoms with Crippen molar-refractivity contribution in [2.45, 2.75) is 18.4 Å². The van der Waals surface area contributed by atoms with Crippen LogP contribution in [0.1, 0.15) is 23.2 Å². The number of fused-ring (bicyclic) bond motifs is 1. The second-order valence-electron chi connectivity index (χ2n) is 5.04. The summed E-state index contributed by atoms with van der Waals surface area (Å²) in [6.07, 6.45) is 1.60. The van der Waals surface area contributed by atoms with Crippen LogP contribution in [0.5, 0.6) is 5.75 Å². The van der Waals surface area contributed by atoms with E-state index in [1.165, 1.54) is 0 Å². The first-order chi connectivity index (χ1) is 9.20. The standard InChI is InChI=1S/C14H17NO4/c16-7-5-15(6-8-17)10-1-2-12-11(9-10)13(18)14(19-12)3-4-14/h1-2,9,16-17H,3-8H2. The minimum absolute atomic E-state index is 0.00543. The largest absolute Gasteiger partial charge is 0.478 e. The molecule has 0 atom stereocenters. The molecular formula is C14H17NO4. The van der Waals surface area contributed by atoms with Crippen LogP contribution in [0.25, 0.3) is 0 Å². The molecule has 1 fully saturated rings. The molecule has 0 saturated heterocycles. The average molecular weight is 263 g/mol. The Morgan fingerprint density at radius 3 is 2.47 bits per heavy atom. The lowest BCUT2D eigenvalue weighted by atomic mass is 10.1. The predicted octanol–water partition coefficient (Wildman–Crippen LogP) is 0.585. The van der Waals surface area contributed by atoms with Gasteiger partial charge in [-0.1, -0.05) is 0 Å². The first-order valence-corrected chi connectivity index (χ1v) is 6.55. The van der Waals surface area contributed by atoms with E-state index >= 15 is 0 Å². The lowest BCUT2D eigenvalue weighted by molar-refractivity contribution is 0.0820. The number of Topliss-reactive ketones (excluding diaryl/α,β-unsaturated/α-hetero) is 1. The maximum absolute atomic E-state index is 12.2. The summed E-state index contributed by atoms with van der Waals surface area (Å²) < 4.78 is 5.71. The molecule has 1 aliphatic carbocycles. The molecular weight excluding hydrogens is 246 g/mol. The Hall–Kier alpha value is -1.59. The smallest absolute Gasteiger partial charge is 0.210 e. The Morgan fingerprint density at radius 1 is 1.21 bits per heavy atom. The van der Waals surface area contributed by atoms with Crippen LogP contribution >= 0.6 is 0 Å². The Labute approximate surface area is 111 Å². The molecule has 5 nitrogen and oxygen atoms in total. The third-order valence-electron chi connectivity index (χ3n) is 3.74. The van der Waals surface area contributed by atoms with Crippen molar-refractivity contribution >= 4 is 11.5 Å². The van der Waals surface area contributed by atoms with E-state index in [9.17, 15) is 4.79 Å². The summed E-state index contributed by atoms with van der Waals surface area (Å²) in [5.74, 6) is 0.719. The van der Waals surface area contributed by atoms with Crippen molar-refractivity contribution in [1.82, 2.24) is 0 Å². The highest BCUT2D eigenvalue weighted by Gasteiger charge is 2.57. The number of anilines is 1. The molecule has 0 aromatic heterocycles. The molecule has 3 rings (SSSR count). The first kappa shape index (κ1) is 12.4. The number of ether oxygens (including phenoxy) is 1. The van der Waals surface area contributed by atoms with Gasteiger partial charge >= 0.3 is 0 Å². The van der Waals surface area contributed by atoms with Crippen LogP contribution < -0.4 is 9.64 Å². The maximum Gasteiger partial charge on any atom is 0.210 e. The van der Waals surface area contributed by atoms with E-state index in [2.05, 4.69) is 0 Å². The molecule has 1 aromatic carbocycles. The molecule has 1 aromatic rings. The van der Waals surface area contributed by atoms with Crippen molar-refractivity contribution in [2.24, 2.45) is 0 Å². The van der Waals surface area contributed by atoms with E-state index in [1.807, 2.05) is 11.0 Å². The second-order valence-corrected chi connectivity index (χ2v) is 5.04. The van der Waals surface area contributed by atoms with E-state index in [-0.39, 0.29) is 19.0 Å². The normalized spacial score (nSPS) is 18.3. The van der Waals surface area contributed by atoms with Crippen LogP contribution in [0.3, 0.4) is 0 Å². The quantitative estimate of drug-likeness (QED) is 0.813. The maximum atomic E-state index is 12.2. The van der Waals surface area contributed by atoms with Gasteiger partial charge in [0.15, 0.2) is 5.60 Å². The summed E-state index contributed by atoms with van der Waals surface area (Å²) in [5.41, 5.74) is 0.882. The van der Waals surface area contributed by atoms with Gasteiger partial charge in [0, 0.05) is 18.8 Å². The number of ketones is 1.